The summed E-state index contributed by atoms with van der Waals surface area (Å²) in [6.07, 6.45) is 2.13. The number of halogens is 2. The minimum absolute atomic E-state index is 0.368. The van der Waals surface area contributed by atoms with Crippen molar-refractivity contribution >= 4 is 33.2 Å². The third-order valence-corrected chi connectivity index (χ3v) is 3.66. The van der Waals surface area contributed by atoms with Crippen molar-refractivity contribution in [2.24, 2.45) is 5.73 Å². The molecule has 0 radical (unpaired) electrons. The number of anilines is 1. The lowest BCUT2D eigenvalue weighted by Crippen LogP contribution is -2.39. The van der Waals surface area contributed by atoms with Gasteiger partial charge in [-0.1, -0.05) is 11.6 Å². The van der Waals surface area contributed by atoms with Gasteiger partial charge in [0.15, 0.2) is 0 Å². The van der Waals surface area contributed by atoms with E-state index in [1.54, 1.807) is 0 Å². The van der Waals surface area contributed by atoms with Crippen LogP contribution in [0.4, 0.5) is 5.69 Å². The molecule has 1 saturated heterocycles. The molecule has 2 N–H and O–H groups in total. The second-order valence-corrected chi connectivity index (χ2v) is 5.21. The highest BCUT2D eigenvalue weighted by atomic mass is 79.9. The summed E-state index contributed by atoms with van der Waals surface area (Å²) < 4.78 is 1.06. The maximum absolute atomic E-state index is 5.91. The lowest BCUT2D eigenvalue weighted by molar-refractivity contribution is 0.501. The van der Waals surface area contributed by atoms with E-state index in [9.17, 15) is 0 Å². The lowest BCUT2D eigenvalue weighted by atomic mass is 10.1. The van der Waals surface area contributed by atoms with E-state index >= 15 is 0 Å². The van der Waals surface area contributed by atoms with E-state index in [2.05, 4.69) is 26.9 Å². The highest BCUT2D eigenvalue weighted by Gasteiger charge is 2.17. The third-order valence-electron chi connectivity index (χ3n) is 2.79. The van der Waals surface area contributed by atoms with Crippen LogP contribution in [0.5, 0.6) is 0 Å². The first-order chi connectivity index (χ1) is 7.16. The van der Waals surface area contributed by atoms with Gasteiger partial charge >= 0.3 is 0 Å². The summed E-state index contributed by atoms with van der Waals surface area (Å²) in [4.78, 5) is 2.35. The molecule has 2 nitrogen and oxygen atoms in total. The highest BCUT2D eigenvalue weighted by Crippen LogP contribution is 2.30. The number of benzene rings is 1. The van der Waals surface area contributed by atoms with Crippen molar-refractivity contribution in [3.63, 3.8) is 0 Å². The number of nitrogens with zero attached hydrogens (tertiary/aromatic N) is 1. The van der Waals surface area contributed by atoms with Gasteiger partial charge in [-0.25, -0.2) is 0 Å². The Labute approximate surface area is 104 Å². The average Bonchev–Trinajstić information content (AvgIpc) is 2.20. The first-order valence-electron chi connectivity index (χ1n) is 5.12. The summed E-state index contributed by atoms with van der Waals surface area (Å²) in [5.74, 6) is 0. The smallest absolute Gasteiger partial charge is 0.0511 e. The number of hydrogen-bond acceptors (Lipinski definition) is 2. The third kappa shape index (κ3) is 2.65. The van der Waals surface area contributed by atoms with Crippen LogP contribution in [0.15, 0.2) is 22.7 Å². The molecule has 1 fully saturated rings. The van der Waals surface area contributed by atoms with Gasteiger partial charge in [0.2, 0.25) is 0 Å². The van der Waals surface area contributed by atoms with Gasteiger partial charge in [-0.05, 0) is 47.0 Å². The fourth-order valence-electron chi connectivity index (χ4n) is 1.88. The molecule has 0 atom stereocenters. The molecule has 0 saturated carbocycles. The summed E-state index contributed by atoms with van der Waals surface area (Å²) in [7, 11) is 0. The van der Waals surface area contributed by atoms with E-state index in [4.69, 9.17) is 17.3 Å². The largest absolute Gasteiger partial charge is 0.371 e. The molecule has 4 heteroatoms. The van der Waals surface area contributed by atoms with E-state index < -0.39 is 0 Å². The van der Waals surface area contributed by atoms with Crippen molar-refractivity contribution in [1.82, 2.24) is 0 Å². The Hall–Kier alpha value is -0.250. The van der Waals surface area contributed by atoms with Crippen molar-refractivity contribution in [3.05, 3.63) is 27.7 Å². The van der Waals surface area contributed by atoms with Crippen LogP contribution in [0.3, 0.4) is 0 Å². The molecule has 1 aliphatic rings. The maximum atomic E-state index is 5.91. The molecular formula is C11H14BrClN2. The quantitative estimate of drug-likeness (QED) is 0.861. The molecule has 1 aromatic rings. The number of piperidine rings is 1. The number of rotatable bonds is 1. The van der Waals surface area contributed by atoms with Crippen molar-refractivity contribution in [2.45, 2.75) is 18.9 Å². The first kappa shape index (κ1) is 11.2. The monoisotopic (exact) mass is 288 g/mol. The molecule has 0 aromatic heterocycles. The van der Waals surface area contributed by atoms with Crippen molar-refractivity contribution < 1.29 is 0 Å². The van der Waals surface area contributed by atoms with Gasteiger partial charge < -0.3 is 10.6 Å². The molecule has 0 aliphatic carbocycles. The Morgan fingerprint density at radius 2 is 2.00 bits per heavy atom. The Morgan fingerprint density at radius 3 is 2.60 bits per heavy atom. The average molecular weight is 290 g/mol. The molecule has 0 spiro atoms. The van der Waals surface area contributed by atoms with Crippen molar-refractivity contribution in [3.8, 4) is 0 Å². The standard InChI is InChI=1S/C11H14BrClN2/c12-10-7-8(13)1-2-11(10)15-5-3-9(14)4-6-15/h1-2,7,9H,3-6,14H2. The first-order valence-corrected chi connectivity index (χ1v) is 6.29. The summed E-state index contributed by atoms with van der Waals surface area (Å²) >= 11 is 9.45. The predicted octanol–water partition coefficient (Wildman–Crippen LogP) is 3.03. The second-order valence-electron chi connectivity index (χ2n) is 3.92. The predicted molar refractivity (Wildman–Crippen MR) is 68.6 cm³/mol. The summed E-state index contributed by atoms with van der Waals surface area (Å²) in [5, 5.41) is 0.763. The summed E-state index contributed by atoms with van der Waals surface area (Å²) in [5.41, 5.74) is 7.09. The van der Waals surface area contributed by atoms with Gasteiger partial charge in [0.1, 0.15) is 0 Å². The minimum atomic E-state index is 0.368. The van der Waals surface area contributed by atoms with Crippen LogP contribution in [0.25, 0.3) is 0 Å². The molecule has 0 unspecified atom stereocenters. The van der Waals surface area contributed by atoms with Gasteiger partial charge in [-0.15, -0.1) is 0 Å². The van der Waals surface area contributed by atoms with E-state index in [0.717, 1.165) is 35.4 Å². The Kier molecular flexibility index (Phi) is 3.54. The minimum Gasteiger partial charge on any atom is -0.371 e. The summed E-state index contributed by atoms with van der Waals surface area (Å²) in [6, 6.07) is 6.29. The highest BCUT2D eigenvalue weighted by molar-refractivity contribution is 9.10. The fourth-order valence-corrected chi connectivity index (χ4v) is 2.81. The van der Waals surface area contributed by atoms with Gasteiger partial charge in [-0.3, -0.25) is 0 Å². The van der Waals surface area contributed by atoms with Crippen LogP contribution in [0.1, 0.15) is 12.8 Å². The van der Waals surface area contributed by atoms with Crippen LogP contribution < -0.4 is 10.6 Å². The second kappa shape index (κ2) is 4.73. The normalized spacial score (nSPS) is 18.2. The number of hydrogen-bond donors (Lipinski definition) is 1. The van der Waals surface area contributed by atoms with Crippen molar-refractivity contribution in [2.75, 3.05) is 18.0 Å². The Morgan fingerprint density at radius 1 is 1.33 bits per heavy atom. The van der Waals surface area contributed by atoms with Crippen LogP contribution in [0, 0.1) is 0 Å². The van der Waals surface area contributed by atoms with E-state index in [0.29, 0.717) is 6.04 Å². The van der Waals surface area contributed by atoms with E-state index in [1.165, 1.54) is 5.69 Å². The molecular weight excluding hydrogens is 275 g/mol. The van der Waals surface area contributed by atoms with Crippen LogP contribution in [-0.2, 0) is 0 Å². The number of nitrogens with two attached hydrogens (primary N) is 1. The van der Waals surface area contributed by atoms with E-state index in [-0.39, 0.29) is 0 Å². The zero-order valence-electron chi connectivity index (χ0n) is 8.42. The summed E-state index contributed by atoms with van der Waals surface area (Å²) in [6.45, 7) is 2.06. The van der Waals surface area contributed by atoms with Crippen LogP contribution in [0.2, 0.25) is 5.02 Å². The van der Waals surface area contributed by atoms with Crippen LogP contribution >= 0.6 is 27.5 Å². The van der Waals surface area contributed by atoms with E-state index in [1.807, 2.05) is 12.1 Å². The maximum Gasteiger partial charge on any atom is 0.0511 e. The Bertz CT molecular complexity index is 348. The molecule has 0 amide bonds. The molecule has 82 valence electrons. The zero-order valence-corrected chi connectivity index (χ0v) is 10.8. The topological polar surface area (TPSA) is 29.3 Å². The van der Waals surface area contributed by atoms with Gasteiger partial charge in [-0.2, -0.15) is 0 Å². The van der Waals surface area contributed by atoms with Gasteiger partial charge in [0, 0.05) is 28.6 Å². The molecule has 1 aromatic carbocycles. The molecule has 2 rings (SSSR count). The molecule has 0 bridgehead atoms. The Balaban J connectivity index is 2.15. The molecule has 15 heavy (non-hydrogen) atoms. The van der Waals surface area contributed by atoms with Crippen molar-refractivity contribution in [1.29, 1.82) is 0 Å². The lowest BCUT2D eigenvalue weighted by Gasteiger charge is -2.32. The van der Waals surface area contributed by atoms with Gasteiger partial charge in [0.25, 0.3) is 0 Å². The molecule has 1 heterocycles. The van der Waals surface area contributed by atoms with Gasteiger partial charge in [0.05, 0.1) is 5.69 Å². The SMILES string of the molecule is NC1CCN(c2ccc(Cl)cc2Br)CC1. The zero-order chi connectivity index (χ0) is 10.8. The molecule has 1 aliphatic heterocycles. The van der Waals surface area contributed by atoms with Crippen LogP contribution in [-0.4, -0.2) is 19.1 Å². The fraction of sp³-hybridized carbons (Fsp3) is 0.455.